The van der Waals surface area contributed by atoms with E-state index in [4.69, 9.17) is 4.74 Å². The minimum absolute atomic E-state index is 0.0984. The fourth-order valence-electron chi connectivity index (χ4n) is 1.02. The van der Waals surface area contributed by atoms with Gasteiger partial charge in [-0.15, -0.1) is 0 Å². The van der Waals surface area contributed by atoms with E-state index in [0.29, 0.717) is 13.0 Å². The SMILES string of the molecule is CCC(=O)OCC[N+](C)(CC)CC. The van der Waals surface area contributed by atoms with Crippen LogP contribution in [-0.4, -0.2) is 43.7 Å². The Bertz CT molecular complexity index is 153. The fraction of sp³-hybridized carbons (Fsp3) is 0.900. The van der Waals surface area contributed by atoms with Crippen molar-refractivity contribution in [3.8, 4) is 0 Å². The number of rotatable bonds is 6. The van der Waals surface area contributed by atoms with Crippen molar-refractivity contribution in [1.82, 2.24) is 0 Å². The van der Waals surface area contributed by atoms with Gasteiger partial charge in [-0.05, 0) is 13.8 Å². The summed E-state index contributed by atoms with van der Waals surface area (Å²) in [5.41, 5.74) is 0. The largest absolute Gasteiger partial charge is 0.460 e. The van der Waals surface area contributed by atoms with Crippen LogP contribution in [0.2, 0.25) is 0 Å². The molecular formula is C10H22NO2+. The van der Waals surface area contributed by atoms with Gasteiger partial charge in [0.15, 0.2) is 0 Å². The molecule has 78 valence electrons. The smallest absolute Gasteiger partial charge is 0.305 e. The van der Waals surface area contributed by atoms with Crippen molar-refractivity contribution in [1.29, 1.82) is 0 Å². The molecule has 0 aliphatic carbocycles. The lowest BCUT2D eigenvalue weighted by molar-refractivity contribution is -0.906. The molecular weight excluding hydrogens is 166 g/mol. The van der Waals surface area contributed by atoms with Crippen LogP contribution in [0, 0.1) is 0 Å². The van der Waals surface area contributed by atoms with Gasteiger partial charge in [0.05, 0.1) is 20.1 Å². The lowest BCUT2D eigenvalue weighted by atomic mass is 10.4. The first-order chi connectivity index (χ1) is 6.08. The van der Waals surface area contributed by atoms with E-state index in [9.17, 15) is 4.79 Å². The predicted octanol–water partition coefficient (Wildman–Crippen LogP) is 1.43. The summed E-state index contributed by atoms with van der Waals surface area (Å²) in [6.07, 6.45) is 0.474. The molecule has 0 bridgehead atoms. The molecule has 3 heteroatoms. The maximum absolute atomic E-state index is 10.8. The number of carbonyl (C=O) groups excluding carboxylic acids is 1. The Morgan fingerprint density at radius 1 is 1.23 bits per heavy atom. The third-order valence-electron chi connectivity index (χ3n) is 2.71. The van der Waals surface area contributed by atoms with Crippen LogP contribution >= 0.6 is 0 Å². The fourth-order valence-corrected chi connectivity index (χ4v) is 1.02. The summed E-state index contributed by atoms with van der Waals surface area (Å²) in [7, 11) is 2.18. The van der Waals surface area contributed by atoms with Gasteiger partial charge in [-0.25, -0.2) is 0 Å². The number of nitrogens with zero attached hydrogens (tertiary/aromatic N) is 1. The Balaban J connectivity index is 3.67. The molecule has 0 radical (unpaired) electrons. The van der Waals surface area contributed by atoms with Crippen LogP contribution in [0.15, 0.2) is 0 Å². The highest BCUT2D eigenvalue weighted by Gasteiger charge is 2.16. The van der Waals surface area contributed by atoms with Crippen molar-refractivity contribution in [3.05, 3.63) is 0 Å². The molecule has 0 saturated carbocycles. The Morgan fingerprint density at radius 2 is 1.77 bits per heavy atom. The van der Waals surface area contributed by atoms with E-state index in [2.05, 4.69) is 20.9 Å². The van der Waals surface area contributed by atoms with Crippen molar-refractivity contribution < 1.29 is 14.0 Å². The van der Waals surface area contributed by atoms with Gasteiger partial charge in [-0.1, -0.05) is 6.92 Å². The van der Waals surface area contributed by atoms with E-state index in [-0.39, 0.29) is 5.97 Å². The van der Waals surface area contributed by atoms with E-state index in [1.807, 2.05) is 6.92 Å². The minimum Gasteiger partial charge on any atom is -0.460 e. The first kappa shape index (κ1) is 12.4. The molecule has 13 heavy (non-hydrogen) atoms. The van der Waals surface area contributed by atoms with E-state index >= 15 is 0 Å². The molecule has 0 heterocycles. The quantitative estimate of drug-likeness (QED) is 0.465. The molecule has 0 fully saturated rings. The van der Waals surface area contributed by atoms with Gasteiger partial charge in [0.2, 0.25) is 0 Å². The average Bonchev–Trinajstić information content (AvgIpc) is 2.17. The second-order valence-electron chi connectivity index (χ2n) is 3.55. The van der Waals surface area contributed by atoms with Crippen LogP contribution < -0.4 is 0 Å². The summed E-state index contributed by atoms with van der Waals surface area (Å²) >= 11 is 0. The molecule has 0 atom stereocenters. The highest BCUT2D eigenvalue weighted by atomic mass is 16.5. The van der Waals surface area contributed by atoms with Gasteiger partial charge in [0.1, 0.15) is 13.2 Å². The molecule has 0 aliphatic heterocycles. The second kappa shape index (κ2) is 5.97. The van der Waals surface area contributed by atoms with E-state index in [1.54, 1.807) is 0 Å². The lowest BCUT2D eigenvalue weighted by Gasteiger charge is -2.31. The van der Waals surface area contributed by atoms with E-state index in [0.717, 1.165) is 24.1 Å². The molecule has 0 aliphatic rings. The molecule has 0 amide bonds. The first-order valence-corrected chi connectivity index (χ1v) is 5.07. The van der Waals surface area contributed by atoms with Gasteiger partial charge in [-0.2, -0.15) is 0 Å². The normalized spacial score (nSPS) is 11.4. The Labute approximate surface area is 81.3 Å². The van der Waals surface area contributed by atoms with Crippen LogP contribution in [0.25, 0.3) is 0 Å². The van der Waals surface area contributed by atoms with Crippen LogP contribution in [0.3, 0.4) is 0 Å². The van der Waals surface area contributed by atoms with Gasteiger partial charge >= 0.3 is 5.97 Å². The lowest BCUT2D eigenvalue weighted by Crippen LogP contribution is -2.46. The molecule has 3 nitrogen and oxygen atoms in total. The summed E-state index contributed by atoms with van der Waals surface area (Å²) in [6.45, 7) is 9.76. The van der Waals surface area contributed by atoms with E-state index < -0.39 is 0 Å². The Hall–Kier alpha value is -0.570. The molecule has 0 spiro atoms. The third-order valence-corrected chi connectivity index (χ3v) is 2.71. The van der Waals surface area contributed by atoms with Crippen LogP contribution in [0.1, 0.15) is 27.2 Å². The topological polar surface area (TPSA) is 26.3 Å². The van der Waals surface area contributed by atoms with Crippen molar-refractivity contribution >= 4 is 5.97 Å². The van der Waals surface area contributed by atoms with Crippen LogP contribution in [0.5, 0.6) is 0 Å². The zero-order valence-corrected chi connectivity index (χ0v) is 9.30. The van der Waals surface area contributed by atoms with Gasteiger partial charge in [-0.3, -0.25) is 4.79 Å². The number of carbonyl (C=O) groups is 1. The molecule has 0 aromatic heterocycles. The molecule has 0 N–H and O–H groups in total. The molecule has 0 rings (SSSR count). The minimum atomic E-state index is -0.0984. The second-order valence-corrected chi connectivity index (χ2v) is 3.55. The van der Waals surface area contributed by atoms with Crippen LogP contribution in [0.4, 0.5) is 0 Å². The average molecular weight is 188 g/mol. The number of hydrogen-bond donors (Lipinski definition) is 0. The van der Waals surface area contributed by atoms with Crippen molar-refractivity contribution in [2.45, 2.75) is 27.2 Å². The highest BCUT2D eigenvalue weighted by molar-refractivity contribution is 5.68. The standard InChI is InChI=1S/C10H22NO2/c1-5-10(12)13-9-8-11(4,6-2)7-3/h5-9H2,1-4H3/q+1. The van der Waals surface area contributed by atoms with Crippen LogP contribution in [-0.2, 0) is 9.53 Å². The monoisotopic (exact) mass is 188 g/mol. The number of hydrogen-bond acceptors (Lipinski definition) is 2. The zero-order valence-electron chi connectivity index (χ0n) is 9.30. The Morgan fingerprint density at radius 3 is 2.15 bits per heavy atom. The van der Waals surface area contributed by atoms with E-state index in [1.165, 1.54) is 0 Å². The first-order valence-electron chi connectivity index (χ1n) is 5.07. The van der Waals surface area contributed by atoms with Gasteiger partial charge < -0.3 is 9.22 Å². The predicted molar refractivity (Wildman–Crippen MR) is 53.4 cm³/mol. The summed E-state index contributed by atoms with van der Waals surface area (Å²) in [5, 5.41) is 0. The summed E-state index contributed by atoms with van der Waals surface area (Å²) < 4.78 is 6.01. The maximum Gasteiger partial charge on any atom is 0.305 e. The molecule has 0 saturated heterocycles. The molecule has 0 aromatic carbocycles. The van der Waals surface area contributed by atoms with Crippen molar-refractivity contribution in [3.63, 3.8) is 0 Å². The maximum atomic E-state index is 10.8. The molecule has 0 unspecified atom stereocenters. The summed E-state index contributed by atoms with van der Waals surface area (Å²) in [6, 6.07) is 0. The van der Waals surface area contributed by atoms with Gasteiger partial charge in [0.25, 0.3) is 0 Å². The number of esters is 1. The molecule has 0 aromatic rings. The third kappa shape index (κ3) is 4.88. The highest BCUT2D eigenvalue weighted by Crippen LogP contribution is 2.00. The number of likely N-dealkylation sites (N-methyl/N-ethyl adjacent to an activating group) is 1. The zero-order chi connectivity index (χ0) is 10.3. The van der Waals surface area contributed by atoms with Crippen molar-refractivity contribution in [2.24, 2.45) is 0 Å². The Kier molecular flexibility index (Phi) is 5.71. The summed E-state index contributed by atoms with van der Waals surface area (Å²) in [4.78, 5) is 10.8. The summed E-state index contributed by atoms with van der Waals surface area (Å²) in [5.74, 6) is -0.0984. The van der Waals surface area contributed by atoms with Gasteiger partial charge in [0, 0.05) is 6.42 Å². The number of ether oxygens (including phenoxy) is 1. The van der Waals surface area contributed by atoms with Crippen molar-refractivity contribution in [2.75, 3.05) is 33.3 Å². The number of quaternary nitrogens is 1.